The molecule has 0 saturated carbocycles. The highest BCUT2D eigenvalue weighted by atomic mass is 35.5. The summed E-state index contributed by atoms with van der Waals surface area (Å²) < 4.78 is 0. The number of anilines is 1. The fraction of sp³-hybridized carbons (Fsp3) is 0.207. The number of rotatable bonds is 6. The number of fused-ring (bicyclic) bond motifs is 1. The lowest BCUT2D eigenvalue weighted by atomic mass is 9.89. The molecule has 4 aromatic rings. The summed E-state index contributed by atoms with van der Waals surface area (Å²) >= 11 is 12.0. The molecule has 5 rings (SSSR count). The van der Waals surface area contributed by atoms with E-state index < -0.39 is 0 Å². The monoisotopic (exact) mass is 503 g/mol. The first-order valence-electron chi connectivity index (χ1n) is 11.9. The number of benzene rings is 3. The molecule has 2 N–H and O–H groups in total. The van der Waals surface area contributed by atoms with Crippen molar-refractivity contribution in [3.05, 3.63) is 106 Å². The first-order chi connectivity index (χ1) is 17.0. The van der Waals surface area contributed by atoms with Crippen molar-refractivity contribution in [1.82, 2.24) is 9.88 Å². The fourth-order valence-electron chi connectivity index (χ4n) is 4.76. The molecule has 0 radical (unpaired) electrons. The van der Waals surface area contributed by atoms with Crippen molar-refractivity contribution in [3.8, 4) is 0 Å². The summed E-state index contributed by atoms with van der Waals surface area (Å²) in [4.78, 5) is 18.2. The van der Waals surface area contributed by atoms with E-state index in [1.807, 2.05) is 18.2 Å². The Bertz CT molecular complexity index is 1350. The van der Waals surface area contributed by atoms with E-state index in [4.69, 9.17) is 23.2 Å². The van der Waals surface area contributed by atoms with E-state index in [1.165, 1.54) is 40.9 Å². The minimum absolute atomic E-state index is 0.192. The van der Waals surface area contributed by atoms with Crippen molar-refractivity contribution in [3.63, 3.8) is 0 Å². The van der Waals surface area contributed by atoms with Gasteiger partial charge in [-0.15, -0.1) is 0 Å². The number of aromatic nitrogens is 1. The van der Waals surface area contributed by atoms with Crippen LogP contribution in [0.5, 0.6) is 0 Å². The van der Waals surface area contributed by atoms with Gasteiger partial charge in [-0.2, -0.15) is 0 Å². The average molecular weight is 504 g/mol. The van der Waals surface area contributed by atoms with E-state index in [-0.39, 0.29) is 5.91 Å². The summed E-state index contributed by atoms with van der Waals surface area (Å²) in [5, 5.41) is 5.22. The molecule has 2 heterocycles. The fourth-order valence-corrected chi connectivity index (χ4v) is 5.06. The third kappa shape index (κ3) is 5.79. The lowest BCUT2D eigenvalue weighted by Gasteiger charge is -2.32. The van der Waals surface area contributed by atoms with Crippen LogP contribution in [0.2, 0.25) is 10.0 Å². The van der Waals surface area contributed by atoms with E-state index in [1.54, 1.807) is 18.2 Å². The molecule has 0 spiro atoms. The quantitative estimate of drug-likeness (QED) is 0.267. The first-order valence-corrected chi connectivity index (χ1v) is 12.6. The summed E-state index contributed by atoms with van der Waals surface area (Å²) in [7, 11) is 0. The second kappa shape index (κ2) is 10.7. The second-order valence-corrected chi connectivity index (χ2v) is 9.85. The molecule has 1 fully saturated rings. The highest BCUT2D eigenvalue weighted by Crippen LogP contribution is 2.33. The van der Waals surface area contributed by atoms with Gasteiger partial charge in [0.1, 0.15) is 0 Å². The average Bonchev–Trinajstić information content (AvgIpc) is 3.31. The molecule has 4 nitrogen and oxygen atoms in total. The van der Waals surface area contributed by atoms with Gasteiger partial charge in [0.05, 0.1) is 10.0 Å². The number of piperidine rings is 1. The van der Waals surface area contributed by atoms with Crippen LogP contribution < -0.4 is 5.32 Å². The van der Waals surface area contributed by atoms with E-state index in [2.05, 4.69) is 57.8 Å². The van der Waals surface area contributed by atoms with Gasteiger partial charge in [0, 0.05) is 35.4 Å². The largest absolute Gasteiger partial charge is 0.361 e. The number of H-pyrrole nitrogens is 1. The number of hydrogen-bond donors (Lipinski definition) is 2. The van der Waals surface area contributed by atoms with Gasteiger partial charge in [-0.1, -0.05) is 59.6 Å². The molecule has 1 saturated heterocycles. The Morgan fingerprint density at radius 2 is 1.77 bits per heavy atom. The van der Waals surface area contributed by atoms with E-state index in [0.717, 1.165) is 30.9 Å². The van der Waals surface area contributed by atoms with E-state index >= 15 is 0 Å². The molecular weight excluding hydrogens is 477 g/mol. The molecule has 0 unspecified atom stereocenters. The van der Waals surface area contributed by atoms with Crippen molar-refractivity contribution in [2.75, 3.05) is 18.4 Å². The number of nitrogens with zero attached hydrogens (tertiary/aromatic N) is 1. The normalized spacial score (nSPS) is 15.1. The van der Waals surface area contributed by atoms with E-state index in [0.29, 0.717) is 16.0 Å². The Balaban J connectivity index is 1.12. The van der Waals surface area contributed by atoms with Crippen LogP contribution in [0.25, 0.3) is 17.0 Å². The van der Waals surface area contributed by atoms with Crippen LogP contribution in [0.3, 0.4) is 0 Å². The lowest BCUT2D eigenvalue weighted by Crippen LogP contribution is -2.32. The number of amides is 1. The molecule has 1 aliphatic rings. The van der Waals surface area contributed by atoms with Gasteiger partial charge >= 0.3 is 0 Å². The maximum Gasteiger partial charge on any atom is 0.248 e. The first kappa shape index (κ1) is 23.7. The molecule has 0 atom stereocenters. The lowest BCUT2D eigenvalue weighted by molar-refractivity contribution is -0.111. The number of hydrogen-bond acceptors (Lipinski definition) is 2. The maximum atomic E-state index is 12.3. The topological polar surface area (TPSA) is 48.1 Å². The summed E-state index contributed by atoms with van der Waals surface area (Å²) in [6.45, 7) is 3.09. The van der Waals surface area contributed by atoms with Crippen molar-refractivity contribution < 1.29 is 4.79 Å². The van der Waals surface area contributed by atoms with Crippen LogP contribution in [-0.4, -0.2) is 28.9 Å². The number of halogens is 2. The van der Waals surface area contributed by atoms with Gasteiger partial charge in [0.15, 0.2) is 0 Å². The molecule has 178 valence electrons. The second-order valence-electron chi connectivity index (χ2n) is 9.03. The van der Waals surface area contributed by atoms with Crippen molar-refractivity contribution in [2.45, 2.75) is 25.3 Å². The Kier molecular flexibility index (Phi) is 7.24. The molecule has 35 heavy (non-hydrogen) atoms. The van der Waals surface area contributed by atoms with Gasteiger partial charge in [-0.05, 0) is 84.9 Å². The molecule has 1 amide bonds. The number of nitrogens with one attached hydrogen (secondary N) is 2. The molecule has 0 aliphatic carbocycles. The summed E-state index contributed by atoms with van der Waals surface area (Å²) in [5.74, 6) is 0.417. The minimum atomic E-state index is -0.192. The summed E-state index contributed by atoms with van der Waals surface area (Å²) in [6.07, 6.45) is 7.73. The van der Waals surface area contributed by atoms with Crippen molar-refractivity contribution in [1.29, 1.82) is 0 Å². The van der Waals surface area contributed by atoms with Gasteiger partial charge < -0.3 is 10.3 Å². The third-order valence-electron chi connectivity index (χ3n) is 6.65. The SMILES string of the molecule is O=C(/C=C/c1ccc(Cl)c(Cl)c1)Nc1ccc(CN2CCC(c3c[nH]c4ccccc34)CC2)cc1. The number of carbonyl (C=O) groups is 1. The Labute approximate surface area is 215 Å². The smallest absolute Gasteiger partial charge is 0.248 e. The van der Waals surface area contributed by atoms with Gasteiger partial charge in [0.25, 0.3) is 0 Å². The van der Waals surface area contributed by atoms with Crippen LogP contribution in [-0.2, 0) is 11.3 Å². The van der Waals surface area contributed by atoms with Crippen LogP contribution in [0.1, 0.15) is 35.4 Å². The zero-order valence-corrected chi connectivity index (χ0v) is 20.8. The molecule has 1 aliphatic heterocycles. The number of carbonyl (C=O) groups excluding carboxylic acids is 1. The zero-order chi connectivity index (χ0) is 24.2. The predicted molar refractivity (Wildman–Crippen MR) is 146 cm³/mol. The van der Waals surface area contributed by atoms with Gasteiger partial charge in [-0.25, -0.2) is 0 Å². The summed E-state index contributed by atoms with van der Waals surface area (Å²) in [6, 6.07) is 21.9. The number of para-hydroxylation sites is 1. The minimum Gasteiger partial charge on any atom is -0.361 e. The van der Waals surface area contributed by atoms with Crippen LogP contribution in [0.15, 0.2) is 79.0 Å². The Morgan fingerprint density at radius 3 is 2.54 bits per heavy atom. The van der Waals surface area contributed by atoms with Crippen LogP contribution >= 0.6 is 23.2 Å². The standard InChI is InChI=1S/C29H27Cl2N3O/c30-26-11-7-20(17-27(26)31)8-12-29(35)33-23-9-5-21(6-10-23)19-34-15-13-22(14-16-34)25-18-32-28-4-2-1-3-24(25)28/h1-12,17-18,22,32H,13-16,19H2,(H,33,35)/b12-8+. The van der Waals surface area contributed by atoms with Gasteiger partial charge in [-0.3, -0.25) is 9.69 Å². The zero-order valence-electron chi connectivity index (χ0n) is 19.3. The number of likely N-dealkylation sites (tertiary alicyclic amines) is 1. The third-order valence-corrected chi connectivity index (χ3v) is 7.39. The molecule has 3 aromatic carbocycles. The van der Waals surface area contributed by atoms with Crippen LogP contribution in [0, 0.1) is 0 Å². The molecule has 1 aromatic heterocycles. The highest BCUT2D eigenvalue weighted by Gasteiger charge is 2.22. The molecule has 0 bridgehead atoms. The van der Waals surface area contributed by atoms with Gasteiger partial charge in [0.2, 0.25) is 5.91 Å². The van der Waals surface area contributed by atoms with Crippen LogP contribution in [0.4, 0.5) is 5.69 Å². The molecule has 6 heteroatoms. The maximum absolute atomic E-state index is 12.3. The van der Waals surface area contributed by atoms with E-state index in [9.17, 15) is 4.79 Å². The predicted octanol–water partition coefficient (Wildman–Crippen LogP) is 7.51. The highest BCUT2D eigenvalue weighted by molar-refractivity contribution is 6.42. The molecular formula is C29H27Cl2N3O. The van der Waals surface area contributed by atoms with Crippen molar-refractivity contribution in [2.24, 2.45) is 0 Å². The Hall–Kier alpha value is -3.05. The summed E-state index contributed by atoms with van der Waals surface area (Å²) in [5.41, 5.74) is 5.52. The van der Waals surface area contributed by atoms with Crippen molar-refractivity contribution >= 4 is 51.8 Å². The Morgan fingerprint density at radius 1 is 1.00 bits per heavy atom. The number of aromatic amines is 1.